The van der Waals surface area contributed by atoms with Crippen LogP contribution in [0.3, 0.4) is 0 Å². The Balaban J connectivity index is 2.78. The van der Waals surface area contributed by atoms with Crippen LogP contribution in [0.15, 0.2) is 27.5 Å². The van der Waals surface area contributed by atoms with E-state index in [1.54, 1.807) is 0 Å². The van der Waals surface area contributed by atoms with Gasteiger partial charge in [0.25, 0.3) is 0 Å². The largest absolute Gasteiger partial charge is 0.491 e. The first-order chi connectivity index (χ1) is 6.63. The van der Waals surface area contributed by atoms with Gasteiger partial charge < -0.3 is 4.74 Å². The highest BCUT2D eigenvalue weighted by atomic mass is 127. The van der Waals surface area contributed by atoms with Gasteiger partial charge >= 0.3 is 0 Å². The van der Waals surface area contributed by atoms with E-state index in [4.69, 9.17) is 4.74 Å². The lowest BCUT2D eigenvalue weighted by atomic mass is 10.1. The Morgan fingerprint density at radius 3 is 2.29 bits per heavy atom. The van der Waals surface area contributed by atoms with Crippen LogP contribution in [0.1, 0.15) is 26.3 Å². The van der Waals surface area contributed by atoms with E-state index in [1.165, 1.54) is 0 Å². The molecule has 2 nitrogen and oxygen atoms in total. The molecule has 0 saturated carbocycles. The quantitative estimate of drug-likeness (QED) is 0.617. The van der Waals surface area contributed by atoms with Gasteiger partial charge in [-0.25, -0.2) is 3.21 Å². The van der Waals surface area contributed by atoms with E-state index in [0.717, 1.165) is 17.0 Å². The molecule has 76 valence electrons. The lowest BCUT2D eigenvalue weighted by Crippen LogP contribution is -2.05. The molecule has 1 rings (SSSR count). The van der Waals surface area contributed by atoms with Crippen molar-refractivity contribution < 1.29 is 4.74 Å². The van der Waals surface area contributed by atoms with Crippen molar-refractivity contribution in [1.29, 1.82) is 0 Å². The van der Waals surface area contributed by atoms with Crippen LogP contribution < -0.4 is 4.74 Å². The maximum Gasteiger partial charge on any atom is 0.119 e. The molecule has 0 fully saturated rings. The van der Waals surface area contributed by atoms with E-state index in [1.807, 2.05) is 67.9 Å². The summed E-state index contributed by atoms with van der Waals surface area (Å²) in [6, 6.07) is 7.99. The summed E-state index contributed by atoms with van der Waals surface area (Å²) in [5.74, 6) is 0.907. The molecular weight excluding hydrogens is 289 g/mol. The zero-order valence-corrected chi connectivity index (χ0v) is 10.8. The molecule has 0 aliphatic carbocycles. The number of benzene rings is 1. The molecule has 0 radical (unpaired) electrons. The normalized spacial score (nSPS) is 11.9. The SMILES string of the molecule is C/C(=N\I)c1ccc(OC(C)C)cc1. The van der Waals surface area contributed by atoms with E-state index in [0.29, 0.717) is 0 Å². The molecule has 0 saturated heterocycles. The molecule has 0 aromatic heterocycles. The topological polar surface area (TPSA) is 21.6 Å². The summed E-state index contributed by atoms with van der Waals surface area (Å²) in [5.41, 5.74) is 2.16. The first kappa shape index (κ1) is 11.5. The number of halogens is 1. The second-order valence-corrected chi connectivity index (χ2v) is 3.84. The van der Waals surface area contributed by atoms with Crippen molar-refractivity contribution in [2.45, 2.75) is 26.9 Å². The second kappa shape index (κ2) is 5.34. The van der Waals surface area contributed by atoms with Gasteiger partial charge in [-0.1, -0.05) is 0 Å². The molecule has 1 aromatic carbocycles. The number of ether oxygens (including phenoxy) is 1. The monoisotopic (exact) mass is 303 g/mol. The molecule has 0 heterocycles. The van der Waals surface area contributed by atoms with Gasteiger partial charge in [0, 0.05) is 0 Å². The van der Waals surface area contributed by atoms with Crippen molar-refractivity contribution in [3.05, 3.63) is 29.8 Å². The third-order valence-corrected chi connectivity index (χ3v) is 2.49. The predicted octanol–water partition coefficient (Wildman–Crippen LogP) is 3.63. The summed E-state index contributed by atoms with van der Waals surface area (Å²) in [7, 11) is 0. The maximum absolute atomic E-state index is 5.54. The van der Waals surface area contributed by atoms with Crippen LogP contribution in [-0.2, 0) is 0 Å². The van der Waals surface area contributed by atoms with Gasteiger partial charge in [0.15, 0.2) is 0 Å². The Hall–Kier alpha value is -0.580. The van der Waals surface area contributed by atoms with Crippen molar-refractivity contribution in [3.8, 4) is 5.75 Å². The number of rotatable bonds is 3. The molecule has 14 heavy (non-hydrogen) atoms. The van der Waals surface area contributed by atoms with Gasteiger partial charge in [-0.15, -0.1) is 0 Å². The van der Waals surface area contributed by atoms with E-state index < -0.39 is 0 Å². The standard InChI is InChI=1S/C11H14INO/c1-8(2)14-11-6-4-10(5-7-11)9(3)13-12/h4-8H,1-3H3/b13-9+. The van der Waals surface area contributed by atoms with Gasteiger partial charge in [-0.2, -0.15) is 0 Å². The summed E-state index contributed by atoms with van der Waals surface area (Å²) >= 11 is 2.00. The maximum atomic E-state index is 5.54. The Labute approximate surface area is 98.9 Å². The highest BCUT2D eigenvalue weighted by Crippen LogP contribution is 2.14. The number of nitrogens with zero attached hydrogens (tertiary/aromatic N) is 1. The van der Waals surface area contributed by atoms with E-state index in [9.17, 15) is 0 Å². The van der Waals surface area contributed by atoms with Crippen molar-refractivity contribution >= 4 is 28.6 Å². The number of hydrogen-bond acceptors (Lipinski definition) is 2. The minimum absolute atomic E-state index is 0.222. The Bertz CT molecular complexity index is 317. The lowest BCUT2D eigenvalue weighted by Gasteiger charge is -2.09. The average Bonchev–Trinajstić information content (AvgIpc) is 2.17. The van der Waals surface area contributed by atoms with Crippen LogP contribution in [0.25, 0.3) is 0 Å². The first-order valence-corrected chi connectivity index (χ1v) is 5.52. The van der Waals surface area contributed by atoms with Gasteiger partial charge in [0.1, 0.15) is 5.75 Å². The Morgan fingerprint density at radius 2 is 1.86 bits per heavy atom. The van der Waals surface area contributed by atoms with Gasteiger partial charge in [-0.05, 0) is 50.6 Å². The Kier molecular flexibility index (Phi) is 4.38. The molecule has 0 amide bonds. The fourth-order valence-corrected chi connectivity index (χ4v) is 1.37. The molecule has 1 aromatic rings. The van der Waals surface area contributed by atoms with Crippen molar-refractivity contribution in [2.75, 3.05) is 0 Å². The summed E-state index contributed by atoms with van der Waals surface area (Å²) in [4.78, 5) is 0. The smallest absolute Gasteiger partial charge is 0.119 e. The molecule has 0 spiro atoms. The van der Waals surface area contributed by atoms with Crippen molar-refractivity contribution in [1.82, 2.24) is 0 Å². The molecule has 0 bridgehead atoms. The molecule has 0 unspecified atom stereocenters. The molecule has 0 N–H and O–H groups in total. The van der Waals surface area contributed by atoms with E-state index in [2.05, 4.69) is 3.21 Å². The molecule has 0 aliphatic rings. The minimum Gasteiger partial charge on any atom is -0.491 e. The van der Waals surface area contributed by atoms with Gasteiger partial charge in [-0.3, -0.25) is 0 Å². The van der Waals surface area contributed by atoms with Crippen molar-refractivity contribution in [2.24, 2.45) is 3.21 Å². The van der Waals surface area contributed by atoms with Crippen LogP contribution in [0, 0.1) is 0 Å². The fourth-order valence-electron chi connectivity index (χ4n) is 1.10. The summed E-state index contributed by atoms with van der Waals surface area (Å²) in [6.07, 6.45) is 0.222. The van der Waals surface area contributed by atoms with Crippen molar-refractivity contribution in [3.63, 3.8) is 0 Å². The molecule has 0 aliphatic heterocycles. The third-order valence-electron chi connectivity index (χ3n) is 1.77. The highest BCUT2D eigenvalue weighted by Gasteiger charge is 1.99. The average molecular weight is 303 g/mol. The summed E-state index contributed by atoms with van der Waals surface area (Å²) in [5, 5.41) is 0. The predicted molar refractivity (Wildman–Crippen MR) is 68.4 cm³/mol. The minimum atomic E-state index is 0.222. The zero-order valence-electron chi connectivity index (χ0n) is 8.62. The van der Waals surface area contributed by atoms with E-state index >= 15 is 0 Å². The van der Waals surface area contributed by atoms with Crippen LogP contribution in [-0.4, -0.2) is 11.8 Å². The molecular formula is C11H14INO. The van der Waals surface area contributed by atoms with Crippen LogP contribution in [0.2, 0.25) is 0 Å². The highest BCUT2D eigenvalue weighted by molar-refractivity contribution is 14.1. The molecule has 0 atom stereocenters. The van der Waals surface area contributed by atoms with Crippen LogP contribution in [0.5, 0.6) is 5.75 Å². The lowest BCUT2D eigenvalue weighted by molar-refractivity contribution is 0.242. The zero-order chi connectivity index (χ0) is 10.6. The summed E-state index contributed by atoms with van der Waals surface area (Å²) in [6.45, 7) is 6.03. The van der Waals surface area contributed by atoms with Crippen LogP contribution >= 0.6 is 22.9 Å². The van der Waals surface area contributed by atoms with Gasteiger partial charge in [0.05, 0.1) is 34.7 Å². The van der Waals surface area contributed by atoms with Crippen LogP contribution in [0.4, 0.5) is 0 Å². The fraction of sp³-hybridized carbons (Fsp3) is 0.364. The molecule has 3 heteroatoms. The summed E-state index contributed by atoms with van der Waals surface area (Å²) < 4.78 is 9.64. The van der Waals surface area contributed by atoms with E-state index in [-0.39, 0.29) is 6.10 Å². The Morgan fingerprint density at radius 1 is 1.29 bits per heavy atom. The number of hydrogen-bond donors (Lipinski definition) is 0. The second-order valence-electron chi connectivity index (χ2n) is 3.36. The third kappa shape index (κ3) is 3.29. The first-order valence-electron chi connectivity index (χ1n) is 4.56. The van der Waals surface area contributed by atoms with Gasteiger partial charge in [0.2, 0.25) is 0 Å².